The summed E-state index contributed by atoms with van der Waals surface area (Å²) in [4.78, 5) is 14.7. The molecule has 0 amide bonds. The zero-order chi connectivity index (χ0) is 17.6. The highest BCUT2D eigenvalue weighted by molar-refractivity contribution is 5.84. The van der Waals surface area contributed by atoms with E-state index < -0.39 is 17.6 Å². The zero-order valence-electron chi connectivity index (χ0n) is 14.1. The maximum Gasteiger partial charge on any atom is 0.321 e. The number of fused-ring (bicyclic) bond motifs is 1. The van der Waals surface area contributed by atoms with Crippen molar-refractivity contribution in [2.45, 2.75) is 44.8 Å². The fourth-order valence-corrected chi connectivity index (χ4v) is 2.51. The van der Waals surface area contributed by atoms with Crippen LogP contribution in [0.4, 0.5) is 0 Å². The number of para-hydroxylation sites is 1. The number of hydrogen-bond donors (Lipinski definition) is 4. The van der Waals surface area contributed by atoms with Crippen LogP contribution in [0.2, 0.25) is 0 Å². The van der Waals surface area contributed by atoms with Crippen LogP contribution >= 0.6 is 0 Å². The first-order chi connectivity index (χ1) is 11.4. The maximum atomic E-state index is 11.5. The van der Waals surface area contributed by atoms with E-state index in [-0.39, 0.29) is 6.54 Å². The van der Waals surface area contributed by atoms with E-state index in [2.05, 4.69) is 22.1 Å². The third-order valence-corrected chi connectivity index (χ3v) is 3.82. The Bertz CT molecular complexity index is 753. The second-order valence-corrected chi connectivity index (χ2v) is 6.16. The number of carboxylic acids is 1. The van der Waals surface area contributed by atoms with Crippen LogP contribution in [0, 0.1) is 11.8 Å². The molecule has 0 aliphatic carbocycles. The van der Waals surface area contributed by atoms with Crippen molar-refractivity contribution in [1.82, 2.24) is 10.3 Å². The quantitative estimate of drug-likeness (QED) is 0.588. The molecule has 0 saturated carbocycles. The van der Waals surface area contributed by atoms with Gasteiger partial charge in [0.05, 0.1) is 0 Å². The number of nitrogens with one attached hydrogen (secondary N) is 2. The van der Waals surface area contributed by atoms with E-state index in [0.717, 1.165) is 22.9 Å². The van der Waals surface area contributed by atoms with Gasteiger partial charge in [-0.3, -0.25) is 4.79 Å². The van der Waals surface area contributed by atoms with Crippen LogP contribution in [0.1, 0.15) is 32.3 Å². The number of carboxylic acid groups (broad SMARTS) is 1. The molecule has 1 aromatic heterocycles. The molecule has 0 aliphatic heterocycles. The Hall–Kier alpha value is -2.29. The molecule has 1 aromatic carbocycles. The zero-order valence-corrected chi connectivity index (χ0v) is 14.1. The summed E-state index contributed by atoms with van der Waals surface area (Å²) in [6.07, 6.45) is 3.81. The fourth-order valence-electron chi connectivity index (χ4n) is 2.51. The number of aliphatic hydroxyl groups is 1. The summed E-state index contributed by atoms with van der Waals surface area (Å²) >= 11 is 0. The van der Waals surface area contributed by atoms with Crippen LogP contribution < -0.4 is 5.32 Å². The average molecular weight is 328 g/mol. The second kappa shape index (κ2) is 8.00. The first-order valence-corrected chi connectivity index (χ1v) is 8.16. The SMILES string of the molecule is CCCC#C[C@@](C)(O)CN[C@@H](Cc1c[nH]c2ccccc12)C(=O)O. The Kier molecular flexibility index (Phi) is 6.02. The molecule has 1 heterocycles. The van der Waals surface area contributed by atoms with Crippen molar-refractivity contribution in [3.63, 3.8) is 0 Å². The lowest BCUT2D eigenvalue weighted by molar-refractivity contribution is -0.139. The number of aliphatic carboxylic acids is 1. The summed E-state index contributed by atoms with van der Waals surface area (Å²) in [5.41, 5.74) is 0.666. The highest BCUT2D eigenvalue weighted by Crippen LogP contribution is 2.19. The molecule has 0 bridgehead atoms. The molecule has 2 rings (SSSR count). The normalized spacial score (nSPS) is 14.6. The van der Waals surface area contributed by atoms with E-state index in [1.54, 1.807) is 6.92 Å². The Labute approximate surface area is 142 Å². The van der Waals surface area contributed by atoms with Crippen LogP contribution in [0.5, 0.6) is 0 Å². The molecule has 0 saturated heterocycles. The van der Waals surface area contributed by atoms with Crippen molar-refractivity contribution in [1.29, 1.82) is 0 Å². The number of hydrogen-bond acceptors (Lipinski definition) is 3. The van der Waals surface area contributed by atoms with Gasteiger partial charge >= 0.3 is 5.97 Å². The monoisotopic (exact) mass is 328 g/mol. The summed E-state index contributed by atoms with van der Waals surface area (Å²) in [6, 6.07) is 6.99. The molecule has 128 valence electrons. The van der Waals surface area contributed by atoms with Crippen molar-refractivity contribution in [3.8, 4) is 11.8 Å². The van der Waals surface area contributed by atoms with E-state index in [1.165, 1.54) is 0 Å². The number of aromatic amines is 1. The third kappa shape index (κ3) is 4.85. The van der Waals surface area contributed by atoms with Crippen molar-refractivity contribution < 1.29 is 15.0 Å². The molecule has 5 heteroatoms. The molecule has 4 N–H and O–H groups in total. The van der Waals surface area contributed by atoms with Crippen molar-refractivity contribution in [3.05, 3.63) is 36.0 Å². The Morgan fingerprint density at radius 2 is 2.17 bits per heavy atom. The van der Waals surface area contributed by atoms with Gasteiger partial charge in [0.25, 0.3) is 0 Å². The molecule has 2 atom stereocenters. The number of aromatic nitrogens is 1. The summed E-state index contributed by atoms with van der Waals surface area (Å²) < 4.78 is 0. The Balaban J connectivity index is 2.05. The lowest BCUT2D eigenvalue weighted by Gasteiger charge is -2.21. The number of rotatable bonds is 7. The van der Waals surface area contributed by atoms with E-state index in [9.17, 15) is 15.0 Å². The largest absolute Gasteiger partial charge is 0.480 e. The fraction of sp³-hybridized carbons (Fsp3) is 0.421. The second-order valence-electron chi connectivity index (χ2n) is 6.16. The van der Waals surface area contributed by atoms with E-state index in [1.807, 2.05) is 37.4 Å². The summed E-state index contributed by atoms with van der Waals surface area (Å²) in [6.45, 7) is 3.71. The lowest BCUT2D eigenvalue weighted by atomic mass is 10.0. The van der Waals surface area contributed by atoms with Crippen molar-refractivity contribution >= 4 is 16.9 Å². The molecular formula is C19H24N2O3. The van der Waals surface area contributed by atoms with Gasteiger partial charge in [-0.05, 0) is 25.0 Å². The number of unbranched alkanes of at least 4 members (excludes halogenated alkanes) is 1. The highest BCUT2D eigenvalue weighted by Gasteiger charge is 2.24. The van der Waals surface area contributed by atoms with Gasteiger partial charge in [-0.2, -0.15) is 0 Å². The van der Waals surface area contributed by atoms with Crippen LogP contribution in [-0.2, 0) is 11.2 Å². The van der Waals surface area contributed by atoms with Gasteiger partial charge in [0.1, 0.15) is 11.6 Å². The number of H-pyrrole nitrogens is 1. The smallest absolute Gasteiger partial charge is 0.321 e. The first kappa shape index (κ1) is 18.1. The number of carbonyl (C=O) groups is 1. The molecule has 0 spiro atoms. The minimum Gasteiger partial charge on any atom is -0.480 e. The molecule has 5 nitrogen and oxygen atoms in total. The Morgan fingerprint density at radius 3 is 2.88 bits per heavy atom. The molecule has 0 aliphatic rings. The van der Waals surface area contributed by atoms with E-state index in [4.69, 9.17) is 0 Å². The average Bonchev–Trinajstić information content (AvgIpc) is 2.94. The third-order valence-electron chi connectivity index (χ3n) is 3.82. The molecule has 0 radical (unpaired) electrons. The van der Waals surface area contributed by atoms with Crippen molar-refractivity contribution in [2.24, 2.45) is 0 Å². The molecular weight excluding hydrogens is 304 g/mol. The van der Waals surface area contributed by atoms with Crippen LogP contribution in [0.25, 0.3) is 10.9 Å². The summed E-state index contributed by atoms with van der Waals surface area (Å²) in [5.74, 6) is 4.75. The molecule has 0 unspecified atom stereocenters. The standard InChI is InChI=1S/C19H24N2O3/c1-3-4-7-10-19(2,24)13-21-17(18(22)23)11-14-12-20-16-9-6-5-8-15(14)16/h5-6,8-9,12,17,20-21,24H,3-4,11,13H2,1-2H3,(H,22,23)/t17-,19+/m0/s1. The van der Waals surface area contributed by atoms with Gasteiger partial charge in [0.15, 0.2) is 0 Å². The maximum absolute atomic E-state index is 11.5. The van der Waals surface area contributed by atoms with E-state index in [0.29, 0.717) is 12.8 Å². The molecule has 2 aromatic rings. The van der Waals surface area contributed by atoms with Crippen LogP contribution in [-0.4, -0.2) is 39.4 Å². The van der Waals surface area contributed by atoms with Gasteiger partial charge in [-0.25, -0.2) is 0 Å². The summed E-state index contributed by atoms with van der Waals surface area (Å²) in [5, 5.41) is 23.6. The minimum absolute atomic E-state index is 0.100. The number of benzene rings is 1. The van der Waals surface area contributed by atoms with Gasteiger partial charge in [-0.1, -0.05) is 31.0 Å². The predicted molar refractivity (Wildman–Crippen MR) is 94.7 cm³/mol. The van der Waals surface area contributed by atoms with Gasteiger partial charge < -0.3 is 20.5 Å². The van der Waals surface area contributed by atoms with Gasteiger partial charge in [0, 0.05) is 36.5 Å². The van der Waals surface area contributed by atoms with Crippen molar-refractivity contribution in [2.75, 3.05) is 6.54 Å². The van der Waals surface area contributed by atoms with Gasteiger partial charge in [0.2, 0.25) is 0 Å². The van der Waals surface area contributed by atoms with Gasteiger partial charge in [-0.15, -0.1) is 5.92 Å². The molecule has 24 heavy (non-hydrogen) atoms. The topological polar surface area (TPSA) is 85.4 Å². The first-order valence-electron chi connectivity index (χ1n) is 8.16. The summed E-state index contributed by atoms with van der Waals surface area (Å²) in [7, 11) is 0. The van der Waals surface area contributed by atoms with E-state index >= 15 is 0 Å². The lowest BCUT2D eigenvalue weighted by Crippen LogP contribution is -2.46. The minimum atomic E-state index is -1.25. The highest BCUT2D eigenvalue weighted by atomic mass is 16.4. The Morgan fingerprint density at radius 1 is 1.42 bits per heavy atom. The van der Waals surface area contributed by atoms with Crippen LogP contribution in [0.3, 0.4) is 0 Å². The molecule has 0 fully saturated rings. The van der Waals surface area contributed by atoms with Crippen LogP contribution in [0.15, 0.2) is 30.5 Å². The predicted octanol–water partition coefficient (Wildman–Crippen LogP) is 2.31.